The van der Waals surface area contributed by atoms with Crippen molar-refractivity contribution in [3.8, 4) is 0 Å². The zero-order valence-corrected chi connectivity index (χ0v) is 23.6. The molecule has 0 spiro atoms. The van der Waals surface area contributed by atoms with Crippen LogP contribution in [0.4, 0.5) is 0 Å². The molecule has 0 aliphatic heterocycles. The summed E-state index contributed by atoms with van der Waals surface area (Å²) in [4.78, 5) is 26.3. The first-order chi connectivity index (χ1) is 17.6. The van der Waals surface area contributed by atoms with Gasteiger partial charge < -0.3 is 32.3 Å². The van der Waals surface area contributed by atoms with Crippen molar-refractivity contribution in [1.82, 2.24) is 26.6 Å². The lowest BCUT2D eigenvalue weighted by atomic mass is 9.94. The van der Waals surface area contributed by atoms with Gasteiger partial charge in [-0.05, 0) is 48.8 Å². The number of amides is 2. The predicted molar refractivity (Wildman–Crippen MR) is 154 cm³/mol. The summed E-state index contributed by atoms with van der Waals surface area (Å²) in [6.07, 6.45) is 4.03. The molecule has 0 saturated heterocycles. The Morgan fingerprint density at radius 2 is 1.59 bits per heavy atom. The molecule has 8 heteroatoms. The first-order valence-corrected chi connectivity index (χ1v) is 13.6. The van der Waals surface area contributed by atoms with Gasteiger partial charge in [0.2, 0.25) is 11.8 Å². The maximum Gasteiger partial charge on any atom is 0.244 e. The molecule has 1 aromatic rings. The zero-order chi connectivity index (χ0) is 27.8. The standard InChI is InChI=1S/C29H50N6O2/c1-8-12-24-13-10-11-14-25(24)16-21(5)17-33-28(36)26(19-32-23(7)30)35-29(37)27(20(3)4)34-22(6)18-31-15-9-2/h10-11,13-14,20-21,26-27,31-32,34H,6-9,12,15-19,30H2,1-5H3,(H,33,36)(H,35,37)/t21-,26?,27?/m1/s1. The lowest BCUT2D eigenvalue weighted by molar-refractivity contribution is -0.130. The van der Waals surface area contributed by atoms with Gasteiger partial charge in [-0.3, -0.25) is 9.59 Å². The number of benzene rings is 1. The van der Waals surface area contributed by atoms with Crippen LogP contribution in [0.2, 0.25) is 0 Å². The summed E-state index contributed by atoms with van der Waals surface area (Å²) < 4.78 is 0. The van der Waals surface area contributed by atoms with Crippen molar-refractivity contribution >= 4 is 11.8 Å². The van der Waals surface area contributed by atoms with Crippen LogP contribution < -0.4 is 32.3 Å². The van der Waals surface area contributed by atoms with Crippen LogP contribution in [-0.2, 0) is 22.4 Å². The van der Waals surface area contributed by atoms with Crippen molar-refractivity contribution < 1.29 is 9.59 Å². The van der Waals surface area contributed by atoms with E-state index in [0.717, 1.165) is 37.9 Å². The third kappa shape index (κ3) is 12.7. The minimum Gasteiger partial charge on any atom is -0.386 e. The fourth-order valence-corrected chi connectivity index (χ4v) is 4.04. The van der Waals surface area contributed by atoms with Gasteiger partial charge in [-0.1, -0.05) is 78.5 Å². The molecule has 208 valence electrons. The predicted octanol–water partition coefficient (Wildman–Crippen LogP) is 2.57. The van der Waals surface area contributed by atoms with Crippen molar-refractivity contribution in [3.05, 3.63) is 60.1 Å². The van der Waals surface area contributed by atoms with Gasteiger partial charge in [-0.15, -0.1) is 0 Å². The molecule has 0 heterocycles. The van der Waals surface area contributed by atoms with E-state index in [2.05, 4.69) is 84.8 Å². The summed E-state index contributed by atoms with van der Waals surface area (Å²) in [5.74, 6) is -0.0617. The maximum absolute atomic E-state index is 13.2. The van der Waals surface area contributed by atoms with E-state index in [9.17, 15) is 9.59 Å². The molecule has 2 unspecified atom stereocenters. The van der Waals surface area contributed by atoms with Gasteiger partial charge in [0.25, 0.3) is 0 Å². The molecule has 1 aromatic carbocycles. The van der Waals surface area contributed by atoms with Gasteiger partial charge in [0.15, 0.2) is 0 Å². The van der Waals surface area contributed by atoms with E-state index in [0.29, 0.717) is 13.1 Å². The number of rotatable bonds is 19. The van der Waals surface area contributed by atoms with E-state index in [4.69, 9.17) is 5.73 Å². The van der Waals surface area contributed by atoms with Crippen molar-refractivity contribution in [2.45, 2.75) is 72.4 Å². The van der Waals surface area contributed by atoms with E-state index in [-0.39, 0.29) is 36.0 Å². The SMILES string of the molecule is C=C(N)NCC(NC(=O)C(NC(=C)CNCCC)C(C)C)C(=O)NC[C@H](C)Cc1ccccc1CCC. The van der Waals surface area contributed by atoms with E-state index in [1.54, 1.807) is 0 Å². The minimum atomic E-state index is -0.804. The highest BCUT2D eigenvalue weighted by molar-refractivity contribution is 5.90. The Bertz CT molecular complexity index is 870. The number of nitrogens with one attached hydrogen (secondary N) is 5. The van der Waals surface area contributed by atoms with E-state index in [1.165, 1.54) is 11.1 Å². The smallest absolute Gasteiger partial charge is 0.244 e. The first-order valence-electron chi connectivity index (χ1n) is 13.6. The van der Waals surface area contributed by atoms with Gasteiger partial charge >= 0.3 is 0 Å². The van der Waals surface area contributed by atoms with Crippen LogP contribution in [0.15, 0.2) is 48.9 Å². The number of carbonyl (C=O) groups excluding carboxylic acids is 2. The van der Waals surface area contributed by atoms with Crippen LogP contribution in [-0.4, -0.2) is 50.1 Å². The lowest BCUT2D eigenvalue weighted by Gasteiger charge is -2.27. The minimum absolute atomic E-state index is 0.00715. The van der Waals surface area contributed by atoms with E-state index in [1.807, 2.05) is 13.8 Å². The Hall–Kier alpha value is -3.00. The summed E-state index contributed by atoms with van der Waals surface area (Å²) in [7, 11) is 0. The van der Waals surface area contributed by atoms with Crippen LogP contribution in [0.5, 0.6) is 0 Å². The van der Waals surface area contributed by atoms with Crippen molar-refractivity contribution in [2.75, 3.05) is 26.2 Å². The topological polar surface area (TPSA) is 120 Å². The molecule has 3 atom stereocenters. The van der Waals surface area contributed by atoms with Crippen molar-refractivity contribution in [2.24, 2.45) is 17.6 Å². The molecular formula is C29H50N6O2. The van der Waals surface area contributed by atoms with Gasteiger partial charge in [-0.25, -0.2) is 0 Å². The normalized spacial score (nSPS) is 13.4. The van der Waals surface area contributed by atoms with Gasteiger partial charge in [0.05, 0.1) is 5.82 Å². The molecule has 8 nitrogen and oxygen atoms in total. The lowest BCUT2D eigenvalue weighted by Crippen LogP contribution is -2.57. The molecular weight excluding hydrogens is 464 g/mol. The molecule has 2 amide bonds. The van der Waals surface area contributed by atoms with E-state index >= 15 is 0 Å². The van der Waals surface area contributed by atoms with Crippen LogP contribution in [0.3, 0.4) is 0 Å². The summed E-state index contributed by atoms with van der Waals surface area (Å²) in [5, 5.41) is 15.3. The molecule has 37 heavy (non-hydrogen) atoms. The maximum atomic E-state index is 13.2. The fraction of sp³-hybridized carbons (Fsp3) is 0.586. The quantitative estimate of drug-likeness (QED) is 0.158. The fourth-order valence-electron chi connectivity index (χ4n) is 4.04. The van der Waals surface area contributed by atoms with Crippen LogP contribution in [0, 0.1) is 11.8 Å². The van der Waals surface area contributed by atoms with Crippen LogP contribution >= 0.6 is 0 Å². The highest BCUT2D eigenvalue weighted by Gasteiger charge is 2.28. The summed E-state index contributed by atoms with van der Waals surface area (Å²) in [6.45, 7) is 20.1. The highest BCUT2D eigenvalue weighted by atomic mass is 16.2. The average molecular weight is 515 g/mol. The summed E-state index contributed by atoms with van der Waals surface area (Å²) in [5.41, 5.74) is 9.08. The molecule has 0 radical (unpaired) electrons. The van der Waals surface area contributed by atoms with Gasteiger partial charge in [-0.2, -0.15) is 0 Å². The Morgan fingerprint density at radius 1 is 0.919 bits per heavy atom. The first kappa shape index (κ1) is 32.0. The third-order valence-corrected chi connectivity index (χ3v) is 6.07. The number of hydrogen-bond acceptors (Lipinski definition) is 6. The third-order valence-electron chi connectivity index (χ3n) is 6.07. The number of aryl methyl sites for hydroxylation is 1. The molecule has 0 bridgehead atoms. The number of carbonyl (C=O) groups is 2. The second-order valence-corrected chi connectivity index (χ2v) is 10.2. The van der Waals surface area contributed by atoms with Crippen molar-refractivity contribution in [3.63, 3.8) is 0 Å². The van der Waals surface area contributed by atoms with Crippen molar-refractivity contribution in [1.29, 1.82) is 0 Å². The number of nitrogens with two attached hydrogens (primary N) is 1. The second kappa shape index (κ2) is 17.5. The van der Waals surface area contributed by atoms with Crippen LogP contribution in [0.25, 0.3) is 0 Å². The molecule has 0 aromatic heterocycles. The molecule has 0 aliphatic carbocycles. The summed E-state index contributed by atoms with van der Waals surface area (Å²) >= 11 is 0. The number of hydrogen-bond donors (Lipinski definition) is 6. The molecule has 7 N–H and O–H groups in total. The Labute approximate surface area is 224 Å². The summed E-state index contributed by atoms with van der Waals surface area (Å²) in [6, 6.07) is 7.14. The Balaban J connectivity index is 2.79. The molecule has 0 fully saturated rings. The molecule has 0 aliphatic rings. The monoisotopic (exact) mass is 514 g/mol. The van der Waals surface area contributed by atoms with E-state index < -0.39 is 12.1 Å². The Morgan fingerprint density at radius 3 is 2.19 bits per heavy atom. The van der Waals surface area contributed by atoms with Gasteiger partial charge in [0, 0.05) is 25.3 Å². The Kier molecular flexibility index (Phi) is 15.1. The highest BCUT2D eigenvalue weighted by Crippen LogP contribution is 2.15. The molecule has 0 saturated carbocycles. The zero-order valence-electron chi connectivity index (χ0n) is 23.6. The second-order valence-electron chi connectivity index (χ2n) is 10.2. The molecule has 1 rings (SSSR count). The largest absolute Gasteiger partial charge is 0.386 e. The van der Waals surface area contributed by atoms with Gasteiger partial charge in [0.1, 0.15) is 12.1 Å². The van der Waals surface area contributed by atoms with Crippen LogP contribution in [0.1, 0.15) is 58.6 Å². The average Bonchev–Trinajstić information content (AvgIpc) is 2.84.